The third kappa shape index (κ3) is 5.46. The average molecular weight is 331 g/mol. The van der Waals surface area contributed by atoms with Gasteiger partial charge in [-0.25, -0.2) is 9.18 Å². The predicted octanol–water partition coefficient (Wildman–Crippen LogP) is 4.51. The Morgan fingerprint density at radius 1 is 1.17 bits per heavy atom. The Morgan fingerprint density at radius 3 is 2.58 bits per heavy atom. The van der Waals surface area contributed by atoms with E-state index in [0.717, 1.165) is 19.3 Å². The topological polar surface area (TPSA) is 76.4 Å². The van der Waals surface area contributed by atoms with Gasteiger partial charge in [0.05, 0.1) is 0 Å². The van der Waals surface area contributed by atoms with Crippen molar-refractivity contribution in [3.63, 3.8) is 0 Å². The van der Waals surface area contributed by atoms with Gasteiger partial charge in [0.25, 0.3) is 0 Å². The van der Waals surface area contributed by atoms with Crippen molar-refractivity contribution in [2.45, 2.75) is 26.2 Å². The summed E-state index contributed by atoms with van der Waals surface area (Å²) in [5, 5.41) is 5.33. The first-order valence-corrected chi connectivity index (χ1v) is 7.96. The molecule has 0 radical (unpaired) electrons. The van der Waals surface area contributed by atoms with Crippen LogP contribution in [0.15, 0.2) is 42.5 Å². The Hall–Kier alpha value is -2.76. The maximum Gasteiger partial charge on any atom is 0.319 e. The lowest BCUT2D eigenvalue weighted by Crippen LogP contribution is -2.29. The molecule has 2 amide bonds. The van der Waals surface area contributed by atoms with Crippen LogP contribution in [-0.2, 0) is 0 Å². The quantitative estimate of drug-likeness (QED) is 0.516. The van der Waals surface area contributed by atoms with E-state index >= 15 is 0 Å². The molecule has 0 fully saturated rings. The zero-order chi connectivity index (χ0) is 17.4. The molecule has 0 atom stereocenters. The number of nitrogens with two attached hydrogens (primary N) is 1. The highest BCUT2D eigenvalue weighted by molar-refractivity contribution is 5.89. The molecule has 128 valence electrons. The van der Waals surface area contributed by atoms with Crippen LogP contribution in [-0.4, -0.2) is 12.6 Å². The molecule has 5 nitrogen and oxygen atoms in total. The highest BCUT2D eigenvalue weighted by atomic mass is 19.1. The molecule has 6 heteroatoms. The van der Waals surface area contributed by atoms with Gasteiger partial charge in [-0.1, -0.05) is 19.8 Å². The number of amides is 2. The second-order valence-electron chi connectivity index (χ2n) is 5.40. The Kier molecular flexibility index (Phi) is 6.42. The van der Waals surface area contributed by atoms with Gasteiger partial charge in [0.15, 0.2) is 11.6 Å². The monoisotopic (exact) mass is 331 g/mol. The molecule has 0 unspecified atom stereocenters. The summed E-state index contributed by atoms with van der Waals surface area (Å²) in [6.45, 7) is 2.69. The van der Waals surface area contributed by atoms with Gasteiger partial charge >= 0.3 is 6.03 Å². The van der Waals surface area contributed by atoms with Crippen molar-refractivity contribution in [3.05, 3.63) is 48.3 Å². The number of rotatable bonds is 7. The summed E-state index contributed by atoms with van der Waals surface area (Å²) in [6.07, 6.45) is 3.07. The first kappa shape index (κ1) is 17.6. The Morgan fingerprint density at radius 2 is 1.92 bits per heavy atom. The number of ether oxygens (including phenoxy) is 1. The van der Waals surface area contributed by atoms with Crippen LogP contribution in [0.4, 0.5) is 20.6 Å². The number of hydrogen-bond acceptors (Lipinski definition) is 3. The van der Waals surface area contributed by atoms with Crippen molar-refractivity contribution in [3.8, 4) is 11.5 Å². The summed E-state index contributed by atoms with van der Waals surface area (Å²) < 4.78 is 19.6. The molecule has 0 saturated heterocycles. The zero-order valence-electron chi connectivity index (χ0n) is 13.6. The summed E-state index contributed by atoms with van der Waals surface area (Å²) in [7, 11) is 0. The van der Waals surface area contributed by atoms with E-state index in [1.54, 1.807) is 30.3 Å². The standard InChI is InChI=1S/C18H22FN3O2/c1-2-3-4-11-21-18(23)22-14-7-10-17(16(19)12-14)24-15-8-5-13(20)6-9-15/h5-10,12H,2-4,11,20H2,1H3,(H2,21,22,23). The lowest BCUT2D eigenvalue weighted by atomic mass is 10.2. The minimum Gasteiger partial charge on any atom is -0.454 e. The fourth-order valence-corrected chi connectivity index (χ4v) is 2.08. The van der Waals surface area contributed by atoms with Crippen LogP contribution in [0.1, 0.15) is 26.2 Å². The van der Waals surface area contributed by atoms with Gasteiger partial charge in [0.2, 0.25) is 0 Å². The molecular weight excluding hydrogens is 309 g/mol. The van der Waals surface area contributed by atoms with E-state index in [1.165, 1.54) is 12.1 Å². The number of anilines is 2. The van der Waals surface area contributed by atoms with Crippen LogP contribution in [0.5, 0.6) is 11.5 Å². The van der Waals surface area contributed by atoms with Crippen LogP contribution in [0.2, 0.25) is 0 Å². The molecule has 2 rings (SSSR count). The molecule has 0 bridgehead atoms. The SMILES string of the molecule is CCCCCNC(=O)Nc1ccc(Oc2ccc(N)cc2)c(F)c1. The number of benzene rings is 2. The molecule has 4 N–H and O–H groups in total. The van der Waals surface area contributed by atoms with Crippen molar-refractivity contribution in [1.82, 2.24) is 5.32 Å². The third-order valence-corrected chi connectivity index (χ3v) is 3.36. The molecule has 24 heavy (non-hydrogen) atoms. The average Bonchev–Trinajstić information content (AvgIpc) is 2.56. The smallest absolute Gasteiger partial charge is 0.319 e. The lowest BCUT2D eigenvalue weighted by Gasteiger charge is -2.10. The van der Waals surface area contributed by atoms with E-state index in [-0.39, 0.29) is 11.8 Å². The fourth-order valence-electron chi connectivity index (χ4n) is 2.08. The van der Waals surface area contributed by atoms with Gasteiger partial charge in [-0.3, -0.25) is 0 Å². The Labute approximate surface area is 141 Å². The van der Waals surface area contributed by atoms with E-state index in [4.69, 9.17) is 10.5 Å². The number of carbonyl (C=O) groups excluding carboxylic acids is 1. The molecule has 0 aliphatic rings. The number of nitrogens with one attached hydrogen (secondary N) is 2. The van der Waals surface area contributed by atoms with Crippen LogP contribution < -0.4 is 21.1 Å². The normalized spacial score (nSPS) is 10.2. The second-order valence-corrected chi connectivity index (χ2v) is 5.40. The number of nitrogen functional groups attached to an aromatic ring is 1. The molecule has 0 aliphatic carbocycles. The van der Waals surface area contributed by atoms with E-state index in [9.17, 15) is 9.18 Å². The number of hydrogen-bond donors (Lipinski definition) is 3. The molecule has 0 heterocycles. The summed E-state index contributed by atoms with van der Waals surface area (Å²) in [5.41, 5.74) is 6.56. The van der Waals surface area contributed by atoms with Crippen LogP contribution in [0.3, 0.4) is 0 Å². The van der Waals surface area contributed by atoms with E-state index in [2.05, 4.69) is 17.6 Å². The predicted molar refractivity (Wildman–Crippen MR) is 93.9 cm³/mol. The van der Waals surface area contributed by atoms with E-state index < -0.39 is 5.82 Å². The number of urea groups is 1. The number of halogens is 1. The minimum atomic E-state index is -0.560. The Bertz CT molecular complexity index is 674. The number of unbranched alkanes of at least 4 members (excludes halogenated alkanes) is 2. The highest BCUT2D eigenvalue weighted by Crippen LogP contribution is 2.27. The molecule has 0 saturated carbocycles. The minimum absolute atomic E-state index is 0.0775. The summed E-state index contributed by atoms with van der Waals surface area (Å²) in [6, 6.07) is 10.6. The molecule has 0 aromatic heterocycles. The maximum atomic E-state index is 14.1. The van der Waals surface area contributed by atoms with E-state index in [1.807, 2.05) is 0 Å². The third-order valence-electron chi connectivity index (χ3n) is 3.36. The summed E-state index contributed by atoms with van der Waals surface area (Å²) >= 11 is 0. The van der Waals surface area contributed by atoms with Crippen molar-refractivity contribution in [1.29, 1.82) is 0 Å². The summed E-state index contributed by atoms with van der Waals surface area (Å²) in [4.78, 5) is 11.7. The molecular formula is C18H22FN3O2. The van der Waals surface area contributed by atoms with Gasteiger partial charge in [0, 0.05) is 24.0 Å². The summed E-state index contributed by atoms with van der Waals surface area (Å²) in [5.74, 6) is 0.00163. The second kappa shape index (κ2) is 8.76. The lowest BCUT2D eigenvalue weighted by molar-refractivity contribution is 0.252. The first-order chi connectivity index (χ1) is 11.6. The van der Waals surface area contributed by atoms with Gasteiger partial charge in [-0.2, -0.15) is 0 Å². The zero-order valence-corrected chi connectivity index (χ0v) is 13.6. The van der Waals surface area contributed by atoms with Crippen LogP contribution in [0.25, 0.3) is 0 Å². The molecule has 2 aromatic carbocycles. The van der Waals surface area contributed by atoms with Gasteiger partial charge < -0.3 is 21.1 Å². The van der Waals surface area contributed by atoms with Crippen LogP contribution >= 0.6 is 0 Å². The van der Waals surface area contributed by atoms with Crippen molar-refractivity contribution >= 4 is 17.4 Å². The van der Waals surface area contributed by atoms with Crippen molar-refractivity contribution in [2.75, 3.05) is 17.6 Å². The molecule has 2 aromatic rings. The highest BCUT2D eigenvalue weighted by Gasteiger charge is 2.08. The molecule has 0 aliphatic heterocycles. The maximum absolute atomic E-state index is 14.1. The van der Waals surface area contributed by atoms with E-state index in [0.29, 0.717) is 23.7 Å². The largest absolute Gasteiger partial charge is 0.454 e. The van der Waals surface area contributed by atoms with Crippen molar-refractivity contribution in [2.24, 2.45) is 0 Å². The van der Waals surface area contributed by atoms with Gasteiger partial charge in [-0.05, 0) is 42.8 Å². The van der Waals surface area contributed by atoms with Gasteiger partial charge in [0.1, 0.15) is 5.75 Å². The van der Waals surface area contributed by atoms with Crippen LogP contribution in [0, 0.1) is 5.82 Å². The fraction of sp³-hybridized carbons (Fsp3) is 0.278. The molecule has 0 spiro atoms. The Balaban J connectivity index is 1.91. The first-order valence-electron chi connectivity index (χ1n) is 7.96. The van der Waals surface area contributed by atoms with Crippen molar-refractivity contribution < 1.29 is 13.9 Å². The van der Waals surface area contributed by atoms with Gasteiger partial charge in [-0.15, -0.1) is 0 Å². The number of carbonyl (C=O) groups is 1.